The van der Waals surface area contributed by atoms with Crippen LogP contribution < -0.4 is 10.6 Å². The summed E-state index contributed by atoms with van der Waals surface area (Å²) in [7, 11) is 0. The van der Waals surface area contributed by atoms with Gasteiger partial charge in [0.1, 0.15) is 0 Å². The molecule has 0 unspecified atom stereocenters. The molecular weight excluding hydrogens is 244 g/mol. The fourth-order valence-electron chi connectivity index (χ4n) is 1.64. The summed E-state index contributed by atoms with van der Waals surface area (Å²) in [4.78, 5) is 22.7. The van der Waals surface area contributed by atoms with Crippen molar-refractivity contribution in [2.45, 2.75) is 25.8 Å². The number of benzene rings is 1. The SMILES string of the molecule is C[C@H](CCc1ccccc1)NC(=O)C(=O)NCCO. The molecule has 0 radical (unpaired) electrons. The van der Waals surface area contributed by atoms with Crippen molar-refractivity contribution in [3.8, 4) is 0 Å². The molecule has 0 aromatic heterocycles. The first kappa shape index (κ1) is 15.2. The van der Waals surface area contributed by atoms with E-state index in [9.17, 15) is 9.59 Å². The third-order valence-electron chi connectivity index (χ3n) is 2.69. The smallest absolute Gasteiger partial charge is 0.309 e. The third-order valence-corrected chi connectivity index (χ3v) is 2.69. The van der Waals surface area contributed by atoms with Crippen LogP contribution >= 0.6 is 0 Å². The molecule has 0 aliphatic carbocycles. The lowest BCUT2D eigenvalue weighted by Crippen LogP contribution is -2.44. The van der Waals surface area contributed by atoms with Crippen LogP contribution in [0, 0.1) is 0 Å². The molecule has 1 aromatic rings. The summed E-state index contributed by atoms with van der Waals surface area (Å²) < 4.78 is 0. The number of hydrogen-bond acceptors (Lipinski definition) is 3. The van der Waals surface area contributed by atoms with Gasteiger partial charge < -0.3 is 15.7 Å². The van der Waals surface area contributed by atoms with E-state index in [2.05, 4.69) is 10.6 Å². The fourth-order valence-corrected chi connectivity index (χ4v) is 1.64. The Morgan fingerprint density at radius 2 is 1.89 bits per heavy atom. The first-order valence-electron chi connectivity index (χ1n) is 6.37. The molecule has 2 amide bonds. The van der Waals surface area contributed by atoms with Crippen molar-refractivity contribution in [3.05, 3.63) is 35.9 Å². The van der Waals surface area contributed by atoms with Gasteiger partial charge in [0.2, 0.25) is 0 Å². The van der Waals surface area contributed by atoms with Gasteiger partial charge in [0.25, 0.3) is 0 Å². The lowest BCUT2D eigenvalue weighted by Gasteiger charge is -2.13. The van der Waals surface area contributed by atoms with Crippen LogP contribution in [0.5, 0.6) is 0 Å². The Kier molecular flexibility index (Phi) is 6.60. The summed E-state index contributed by atoms with van der Waals surface area (Å²) in [6.45, 7) is 1.77. The lowest BCUT2D eigenvalue weighted by molar-refractivity contribution is -0.139. The minimum Gasteiger partial charge on any atom is -0.395 e. The highest BCUT2D eigenvalue weighted by atomic mass is 16.3. The maximum absolute atomic E-state index is 11.5. The summed E-state index contributed by atoms with van der Waals surface area (Å²) in [5.41, 5.74) is 1.20. The number of amides is 2. The standard InChI is InChI=1S/C14H20N2O3/c1-11(7-8-12-5-3-2-4-6-12)16-14(19)13(18)15-9-10-17/h2-6,11,17H,7-10H2,1H3,(H,15,18)(H,16,19)/t11-/m1/s1. The second-order valence-corrected chi connectivity index (χ2v) is 4.38. The molecular formula is C14H20N2O3. The predicted molar refractivity (Wildman–Crippen MR) is 72.5 cm³/mol. The summed E-state index contributed by atoms with van der Waals surface area (Å²) in [6, 6.07) is 9.89. The van der Waals surface area contributed by atoms with Gasteiger partial charge in [-0.05, 0) is 25.3 Å². The van der Waals surface area contributed by atoms with Crippen molar-refractivity contribution < 1.29 is 14.7 Å². The Balaban J connectivity index is 2.29. The molecule has 3 N–H and O–H groups in total. The van der Waals surface area contributed by atoms with E-state index in [1.54, 1.807) is 0 Å². The number of rotatable bonds is 6. The van der Waals surface area contributed by atoms with Gasteiger partial charge in [-0.15, -0.1) is 0 Å². The first-order chi connectivity index (χ1) is 9.13. The second-order valence-electron chi connectivity index (χ2n) is 4.38. The Morgan fingerprint density at radius 3 is 2.53 bits per heavy atom. The number of aliphatic hydroxyl groups is 1. The van der Waals surface area contributed by atoms with E-state index in [1.807, 2.05) is 37.3 Å². The van der Waals surface area contributed by atoms with E-state index in [1.165, 1.54) is 5.56 Å². The average Bonchev–Trinajstić information content (AvgIpc) is 2.43. The van der Waals surface area contributed by atoms with Gasteiger partial charge in [0, 0.05) is 12.6 Å². The number of carbonyl (C=O) groups is 2. The molecule has 5 heteroatoms. The van der Waals surface area contributed by atoms with Crippen LogP contribution in [0.1, 0.15) is 18.9 Å². The van der Waals surface area contributed by atoms with Gasteiger partial charge in [0.15, 0.2) is 0 Å². The summed E-state index contributed by atoms with van der Waals surface area (Å²) in [6.07, 6.45) is 1.61. The van der Waals surface area contributed by atoms with Crippen molar-refractivity contribution in [2.24, 2.45) is 0 Å². The number of carbonyl (C=O) groups excluding carboxylic acids is 2. The molecule has 0 aliphatic rings. The normalized spacial score (nSPS) is 11.7. The highest BCUT2D eigenvalue weighted by molar-refractivity contribution is 6.35. The molecule has 104 valence electrons. The van der Waals surface area contributed by atoms with Crippen molar-refractivity contribution in [3.63, 3.8) is 0 Å². The van der Waals surface area contributed by atoms with Gasteiger partial charge in [-0.3, -0.25) is 9.59 Å². The topological polar surface area (TPSA) is 78.4 Å². The largest absolute Gasteiger partial charge is 0.395 e. The zero-order chi connectivity index (χ0) is 14.1. The van der Waals surface area contributed by atoms with Crippen LogP contribution in [-0.4, -0.2) is 36.1 Å². The first-order valence-corrected chi connectivity index (χ1v) is 6.37. The molecule has 0 saturated carbocycles. The van der Waals surface area contributed by atoms with Crippen LogP contribution in [0.2, 0.25) is 0 Å². The zero-order valence-electron chi connectivity index (χ0n) is 11.1. The lowest BCUT2D eigenvalue weighted by atomic mass is 10.1. The molecule has 0 bridgehead atoms. The molecule has 0 spiro atoms. The second kappa shape index (κ2) is 8.26. The number of aryl methyl sites for hydroxylation is 1. The van der Waals surface area contributed by atoms with Gasteiger partial charge in [-0.25, -0.2) is 0 Å². The molecule has 19 heavy (non-hydrogen) atoms. The minimum atomic E-state index is -0.708. The van der Waals surface area contributed by atoms with Gasteiger partial charge in [-0.2, -0.15) is 0 Å². The maximum Gasteiger partial charge on any atom is 0.309 e. The van der Waals surface area contributed by atoms with E-state index >= 15 is 0 Å². The molecule has 1 aromatic carbocycles. The molecule has 1 atom stereocenters. The number of aliphatic hydroxyl groups excluding tert-OH is 1. The summed E-state index contributed by atoms with van der Waals surface area (Å²) in [5, 5.41) is 13.5. The van der Waals surface area contributed by atoms with Crippen LogP contribution in [0.3, 0.4) is 0 Å². The maximum atomic E-state index is 11.5. The number of hydrogen-bond donors (Lipinski definition) is 3. The highest BCUT2D eigenvalue weighted by Gasteiger charge is 2.15. The van der Waals surface area contributed by atoms with Crippen molar-refractivity contribution in [1.82, 2.24) is 10.6 Å². The van der Waals surface area contributed by atoms with E-state index in [4.69, 9.17) is 5.11 Å². The quantitative estimate of drug-likeness (QED) is 0.644. The summed E-state index contributed by atoms with van der Waals surface area (Å²) >= 11 is 0. The average molecular weight is 264 g/mol. The number of nitrogens with one attached hydrogen (secondary N) is 2. The fraction of sp³-hybridized carbons (Fsp3) is 0.429. The van der Waals surface area contributed by atoms with Crippen molar-refractivity contribution in [2.75, 3.05) is 13.2 Å². The predicted octanol–water partition coefficient (Wildman–Crippen LogP) is 0.232. The van der Waals surface area contributed by atoms with Crippen molar-refractivity contribution in [1.29, 1.82) is 0 Å². The molecule has 0 fully saturated rings. The molecule has 1 rings (SSSR count). The van der Waals surface area contributed by atoms with E-state index < -0.39 is 11.8 Å². The van der Waals surface area contributed by atoms with Gasteiger partial charge in [0.05, 0.1) is 6.61 Å². The minimum absolute atomic E-state index is 0.0763. The molecule has 0 aliphatic heterocycles. The monoisotopic (exact) mass is 264 g/mol. The van der Waals surface area contributed by atoms with E-state index in [0.29, 0.717) is 0 Å². The Labute approximate surface area is 113 Å². The zero-order valence-corrected chi connectivity index (χ0v) is 11.1. The Hall–Kier alpha value is -1.88. The van der Waals surface area contributed by atoms with Crippen LogP contribution in [-0.2, 0) is 16.0 Å². The van der Waals surface area contributed by atoms with Crippen LogP contribution in [0.25, 0.3) is 0 Å². The molecule has 0 heterocycles. The Bertz CT molecular complexity index is 406. The van der Waals surface area contributed by atoms with Crippen LogP contribution in [0.15, 0.2) is 30.3 Å². The van der Waals surface area contributed by atoms with Gasteiger partial charge in [-0.1, -0.05) is 30.3 Å². The van der Waals surface area contributed by atoms with Crippen LogP contribution in [0.4, 0.5) is 0 Å². The molecule has 5 nitrogen and oxygen atoms in total. The highest BCUT2D eigenvalue weighted by Crippen LogP contribution is 2.04. The summed E-state index contributed by atoms with van der Waals surface area (Å²) in [5.74, 6) is -1.37. The van der Waals surface area contributed by atoms with Gasteiger partial charge >= 0.3 is 11.8 Å². The Morgan fingerprint density at radius 1 is 1.21 bits per heavy atom. The van der Waals surface area contributed by atoms with Crippen molar-refractivity contribution >= 4 is 11.8 Å². The van der Waals surface area contributed by atoms with E-state index in [-0.39, 0.29) is 19.2 Å². The molecule has 0 saturated heterocycles. The van der Waals surface area contributed by atoms with E-state index in [0.717, 1.165) is 12.8 Å². The third kappa shape index (κ3) is 6.01.